The molecule has 0 atom stereocenters. The van der Waals surface area contributed by atoms with Gasteiger partial charge in [-0.15, -0.1) is 0 Å². The summed E-state index contributed by atoms with van der Waals surface area (Å²) < 4.78 is 30.3. The van der Waals surface area contributed by atoms with Crippen LogP contribution in [0.5, 0.6) is 0 Å². The SMILES string of the molecule is COC(=O)c1cc(N)c(Cl)c(S(=O)(=O)n2cccc2)c1. The number of nitrogen functional groups attached to an aromatic ring is 1. The molecule has 8 heteroatoms. The van der Waals surface area contributed by atoms with Gasteiger partial charge in [-0.2, -0.15) is 0 Å². The van der Waals surface area contributed by atoms with Gasteiger partial charge in [-0.25, -0.2) is 17.2 Å². The molecule has 20 heavy (non-hydrogen) atoms. The van der Waals surface area contributed by atoms with Gasteiger partial charge in [-0.1, -0.05) is 11.6 Å². The maximum Gasteiger partial charge on any atom is 0.337 e. The van der Waals surface area contributed by atoms with E-state index in [9.17, 15) is 13.2 Å². The van der Waals surface area contributed by atoms with E-state index in [2.05, 4.69) is 4.74 Å². The van der Waals surface area contributed by atoms with E-state index in [1.54, 1.807) is 12.1 Å². The number of nitrogens with two attached hydrogens (primary N) is 1. The number of carbonyl (C=O) groups is 1. The lowest BCUT2D eigenvalue weighted by Crippen LogP contribution is -2.14. The van der Waals surface area contributed by atoms with E-state index in [1.165, 1.54) is 25.6 Å². The third-order valence-corrected chi connectivity index (χ3v) is 4.83. The van der Waals surface area contributed by atoms with Gasteiger partial charge in [0.15, 0.2) is 0 Å². The number of esters is 1. The maximum atomic E-state index is 12.4. The highest BCUT2D eigenvalue weighted by Gasteiger charge is 2.23. The number of nitrogens with zero attached hydrogens (tertiary/aromatic N) is 1. The van der Waals surface area contributed by atoms with Gasteiger partial charge in [0.2, 0.25) is 0 Å². The second-order valence-electron chi connectivity index (χ2n) is 3.89. The molecule has 0 radical (unpaired) electrons. The number of ether oxygens (including phenoxy) is 1. The number of carbonyl (C=O) groups excluding carboxylic acids is 1. The summed E-state index contributed by atoms with van der Waals surface area (Å²) in [7, 11) is -2.73. The second kappa shape index (κ2) is 5.18. The Morgan fingerprint density at radius 1 is 1.30 bits per heavy atom. The van der Waals surface area contributed by atoms with E-state index in [0.717, 1.165) is 10.0 Å². The summed E-state index contributed by atoms with van der Waals surface area (Å²) in [6.45, 7) is 0. The first-order valence-electron chi connectivity index (χ1n) is 5.44. The Kier molecular flexibility index (Phi) is 3.74. The van der Waals surface area contributed by atoms with Crippen LogP contribution in [0.15, 0.2) is 41.6 Å². The number of hydrogen-bond acceptors (Lipinski definition) is 5. The lowest BCUT2D eigenvalue weighted by molar-refractivity contribution is 0.0600. The number of methoxy groups -OCH3 is 1. The molecular weight excluding hydrogens is 304 g/mol. The fourth-order valence-electron chi connectivity index (χ4n) is 1.64. The molecule has 2 rings (SSSR count). The molecule has 1 aromatic carbocycles. The summed E-state index contributed by atoms with van der Waals surface area (Å²) in [6, 6.07) is 5.51. The molecule has 106 valence electrons. The fraction of sp³-hybridized carbons (Fsp3) is 0.0833. The van der Waals surface area contributed by atoms with Crippen molar-refractivity contribution >= 4 is 33.3 Å². The van der Waals surface area contributed by atoms with E-state index in [1.807, 2.05) is 0 Å². The first kappa shape index (κ1) is 14.4. The lowest BCUT2D eigenvalue weighted by Gasteiger charge is -2.11. The van der Waals surface area contributed by atoms with Crippen LogP contribution in [0.1, 0.15) is 10.4 Å². The predicted molar refractivity (Wildman–Crippen MR) is 74.2 cm³/mol. The predicted octanol–water partition coefficient (Wildman–Crippen LogP) is 1.75. The van der Waals surface area contributed by atoms with Gasteiger partial charge in [0.1, 0.15) is 4.90 Å². The molecule has 0 aliphatic carbocycles. The Morgan fingerprint density at radius 2 is 1.90 bits per heavy atom. The summed E-state index contributed by atoms with van der Waals surface area (Å²) in [4.78, 5) is 11.3. The number of anilines is 1. The highest BCUT2D eigenvalue weighted by Crippen LogP contribution is 2.30. The minimum absolute atomic E-state index is 0.0136. The van der Waals surface area contributed by atoms with Crippen LogP contribution >= 0.6 is 11.6 Å². The summed E-state index contributed by atoms with van der Waals surface area (Å²) >= 11 is 5.94. The second-order valence-corrected chi connectivity index (χ2v) is 6.08. The summed E-state index contributed by atoms with van der Waals surface area (Å²) in [5.41, 5.74) is 5.65. The molecule has 0 spiro atoms. The van der Waals surface area contributed by atoms with E-state index < -0.39 is 16.0 Å². The van der Waals surface area contributed by atoms with Crippen LogP contribution in [0.2, 0.25) is 5.02 Å². The van der Waals surface area contributed by atoms with Crippen molar-refractivity contribution in [1.82, 2.24) is 3.97 Å². The molecule has 0 amide bonds. The van der Waals surface area contributed by atoms with Crippen molar-refractivity contribution in [2.24, 2.45) is 0 Å². The van der Waals surface area contributed by atoms with Gasteiger partial charge in [-0.3, -0.25) is 0 Å². The Labute approximate surface area is 120 Å². The number of aromatic nitrogens is 1. The molecule has 6 nitrogen and oxygen atoms in total. The zero-order valence-electron chi connectivity index (χ0n) is 10.4. The maximum absolute atomic E-state index is 12.4. The van der Waals surface area contributed by atoms with Crippen molar-refractivity contribution in [2.45, 2.75) is 4.90 Å². The van der Waals surface area contributed by atoms with Gasteiger partial charge in [0.25, 0.3) is 10.0 Å². The van der Waals surface area contributed by atoms with Gasteiger partial charge >= 0.3 is 5.97 Å². The number of hydrogen-bond donors (Lipinski definition) is 1. The van der Waals surface area contributed by atoms with Crippen molar-refractivity contribution in [1.29, 1.82) is 0 Å². The molecule has 0 bridgehead atoms. The van der Waals surface area contributed by atoms with Crippen LogP contribution < -0.4 is 5.73 Å². The number of rotatable bonds is 3. The molecule has 0 aliphatic rings. The van der Waals surface area contributed by atoms with Crippen LogP contribution in [-0.4, -0.2) is 25.5 Å². The van der Waals surface area contributed by atoms with E-state index in [-0.39, 0.29) is 21.2 Å². The number of benzene rings is 1. The Morgan fingerprint density at radius 3 is 2.45 bits per heavy atom. The van der Waals surface area contributed by atoms with Crippen LogP contribution in [0, 0.1) is 0 Å². The molecular formula is C12H11ClN2O4S. The van der Waals surface area contributed by atoms with Crippen LogP contribution in [-0.2, 0) is 14.8 Å². The highest BCUT2D eigenvalue weighted by atomic mass is 35.5. The normalized spacial score (nSPS) is 11.3. The summed E-state index contributed by atoms with van der Waals surface area (Å²) in [5.74, 6) is -0.697. The Bertz CT molecular complexity index is 754. The minimum atomic E-state index is -3.92. The van der Waals surface area contributed by atoms with Crippen LogP contribution in [0.3, 0.4) is 0 Å². The number of halogens is 1. The largest absolute Gasteiger partial charge is 0.465 e. The molecule has 0 aliphatic heterocycles. The smallest absolute Gasteiger partial charge is 0.337 e. The molecule has 2 aromatic rings. The van der Waals surface area contributed by atoms with Crippen molar-refractivity contribution in [3.63, 3.8) is 0 Å². The van der Waals surface area contributed by atoms with Gasteiger partial charge < -0.3 is 10.5 Å². The minimum Gasteiger partial charge on any atom is -0.465 e. The Hall–Kier alpha value is -1.99. The molecule has 1 heterocycles. The van der Waals surface area contributed by atoms with Crippen molar-refractivity contribution in [3.8, 4) is 0 Å². The van der Waals surface area contributed by atoms with Crippen molar-refractivity contribution < 1.29 is 17.9 Å². The van der Waals surface area contributed by atoms with Crippen LogP contribution in [0.4, 0.5) is 5.69 Å². The summed E-state index contributed by atoms with van der Waals surface area (Å²) in [5, 5.41) is -0.133. The average molecular weight is 315 g/mol. The van der Waals surface area contributed by atoms with Gasteiger partial charge in [0.05, 0.1) is 23.4 Å². The molecule has 2 N–H and O–H groups in total. The average Bonchev–Trinajstić information content (AvgIpc) is 2.95. The van der Waals surface area contributed by atoms with E-state index in [4.69, 9.17) is 17.3 Å². The zero-order valence-corrected chi connectivity index (χ0v) is 12.0. The lowest BCUT2D eigenvalue weighted by atomic mass is 10.2. The van der Waals surface area contributed by atoms with Crippen molar-refractivity contribution in [3.05, 3.63) is 47.2 Å². The molecule has 0 unspecified atom stereocenters. The van der Waals surface area contributed by atoms with E-state index in [0.29, 0.717) is 0 Å². The van der Waals surface area contributed by atoms with Gasteiger partial charge in [-0.05, 0) is 24.3 Å². The van der Waals surface area contributed by atoms with Gasteiger partial charge in [0, 0.05) is 12.4 Å². The Balaban J connectivity index is 2.68. The standard InChI is InChI=1S/C12H11ClN2O4S/c1-19-12(16)8-6-9(14)11(13)10(7-8)20(17,18)15-4-2-3-5-15/h2-7H,14H2,1H3. The third-order valence-electron chi connectivity index (χ3n) is 2.62. The molecule has 1 aromatic heterocycles. The van der Waals surface area contributed by atoms with Crippen LogP contribution in [0.25, 0.3) is 0 Å². The topological polar surface area (TPSA) is 91.4 Å². The molecule has 0 fully saturated rings. The summed E-state index contributed by atoms with van der Waals surface area (Å²) in [6.07, 6.45) is 2.71. The molecule has 0 saturated carbocycles. The highest BCUT2D eigenvalue weighted by molar-refractivity contribution is 7.90. The fourth-order valence-corrected chi connectivity index (χ4v) is 3.35. The monoisotopic (exact) mass is 314 g/mol. The quantitative estimate of drug-likeness (QED) is 0.688. The third kappa shape index (κ3) is 2.37. The zero-order chi connectivity index (χ0) is 14.9. The first-order valence-corrected chi connectivity index (χ1v) is 7.25. The molecule has 0 saturated heterocycles. The first-order chi connectivity index (χ1) is 9.37. The van der Waals surface area contributed by atoms with Crippen molar-refractivity contribution in [2.75, 3.05) is 12.8 Å². The van der Waals surface area contributed by atoms with E-state index >= 15 is 0 Å².